The number of hydrogen-bond donors (Lipinski definition) is 3. The van der Waals surface area contributed by atoms with E-state index in [0.29, 0.717) is 32.0 Å². The third-order valence-electron chi connectivity index (χ3n) is 4.92. The molecule has 3 rings (SSSR count). The number of hydrogen-bond acceptors (Lipinski definition) is 5. The highest BCUT2D eigenvalue weighted by atomic mass is 32.2. The summed E-state index contributed by atoms with van der Waals surface area (Å²) in [7, 11) is -1.32. The predicted octanol–water partition coefficient (Wildman–Crippen LogP) is 0.290. The van der Waals surface area contributed by atoms with Crippen LogP contribution in [0.5, 0.6) is 0 Å². The van der Waals surface area contributed by atoms with Crippen LogP contribution in [0.25, 0.3) is 0 Å². The lowest BCUT2D eigenvalue weighted by Crippen LogP contribution is -2.41. The van der Waals surface area contributed by atoms with E-state index in [9.17, 15) is 13.2 Å². The molecule has 0 radical (unpaired) electrons. The Bertz CT molecular complexity index is 972. The maximum atomic E-state index is 12.0. The molecular weight excluding hydrogens is 404 g/mol. The molecule has 0 saturated carbocycles. The summed E-state index contributed by atoms with van der Waals surface area (Å²) >= 11 is 0. The molecule has 1 fully saturated rings. The second-order valence-corrected chi connectivity index (χ2v) is 9.47. The minimum Gasteiger partial charge on any atom is -0.356 e. The number of sulfone groups is 1. The Morgan fingerprint density at radius 3 is 2.70 bits per heavy atom. The van der Waals surface area contributed by atoms with Crippen LogP contribution in [-0.2, 0) is 27.7 Å². The Kier molecular flexibility index (Phi) is 7.45. The van der Waals surface area contributed by atoms with Crippen molar-refractivity contribution in [2.45, 2.75) is 32.0 Å². The molecule has 3 N–H and O–H groups in total. The Labute approximate surface area is 176 Å². The van der Waals surface area contributed by atoms with Crippen LogP contribution in [0.3, 0.4) is 0 Å². The third kappa shape index (κ3) is 6.58. The van der Waals surface area contributed by atoms with Gasteiger partial charge < -0.3 is 16.0 Å². The summed E-state index contributed by atoms with van der Waals surface area (Å²) in [5.41, 5.74) is 2.30. The van der Waals surface area contributed by atoms with E-state index in [-0.39, 0.29) is 29.9 Å². The summed E-state index contributed by atoms with van der Waals surface area (Å²) in [4.78, 5) is 16.2. The maximum Gasteiger partial charge on any atom is 0.222 e. The molecule has 1 aliphatic rings. The van der Waals surface area contributed by atoms with Crippen molar-refractivity contribution in [1.82, 2.24) is 25.7 Å². The number of guanidine groups is 1. The van der Waals surface area contributed by atoms with Crippen molar-refractivity contribution in [1.29, 1.82) is 0 Å². The van der Waals surface area contributed by atoms with Crippen molar-refractivity contribution in [2.24, 2.45) is 4.99 Å². The molecule has 2 aromatic rings. The number of benzene rings is 1. The molecule has 0 bridgehead atoms. The SMILES string of the molecule is CN=C(NCCC(=O)NC1CCS(=O)(=O)C1)NCc1ccccc1Cn1cccn1. The van der Waals surface area contributed by atoms with Crippen LogP contribution in [0.1, 0.15) is 24.0 Å². The first-order chi connectivity index (χ1) is 14.4. The van der Waals surface area contributed by atoms with E-state index in [1.807, 2.05) is 29.1 Å². The van der Waals surface area contributed by atoms with Gasteiger partial charge in [-0.3, -0.25) is 14.5 Å². The number of carbonyl (C=O) groups is 1. The molecule has 0 spiro atoms. The average Bonchev–Trinajstić information content (AvgIpc) is 3.34. The van der Waals surface area contributed by atoms with E-state index in [1.165, 1.54) is 0 Å². The number of nitrogens with zero attached hydrogens (tertiary/aromatic N) is 3. The lowest BCUT2D eigenvalue weighted by atomic mass is 10.1. The van der Waals surface area contributed by atoms with Gasteiger partial charge in [0.05, 0.1) is 18.1 Å². The van der Waals surface area contributed by atoms with Crippen LogP contribution >= 0.6 is 0 Å². The summed E-state index contributed by atoms with van der Waals surface area (Å²) < 4.78 is 24.8. The third-order valence-corrected chi connectivity index (χ3v) is 6.69. The summed E-state index contributed by atoms with van der Waals surface area (Å²) in [6.45, 7) is 1.68. The molecule has 30 heavy (non-hydrogen) atoms. The molecule has 1 aromatic carbocycles. The van der Waals surface area contributed by atoms with Crippen LogP contribution in [0.2, 0.25) is 0 Å². The maximum absolute atomic E-state index is 12.0. The fraction of sp³-hybridized carbons (Fsp3) is 0.450. The zero-order chi connectivity index (χ0) is 21.4. The van der Waals surface area contributed by atoms with E-state index in [1.54, 1.807) is 13.2 Å². The number of aliphatic imine (C=N–C) groups is 1. The first-order valence-corrected chi connectivity index (χ1v) is 11.8. The van der Waals surface area contributed by atoms with Crippen molar-refractivity contribution in [3.63, 3.8) is 0 Å². The number of amides is 1. The molecule has 10 heteroatoms. The van der Waals surface area contributed by atoms with Gasteiger partial charge in [0.2, 0.25) is 5.91 Å². The summed E-state index contributed by atoms with van der Waals surface area (Å²) in [6.07, 6.45) is 4.42. The van der Waals surface area contributed by atoms with Gasteiger partial charge in [-0.15, -0.1) is 0 Å². The van der Waals surface area contributed by atoms with E-state index < -0.39 is 9.84 Å². The molecule has 1 saturated heterocycles. The van der Waals surface area contributed by atoms with Crippen molar-refractivity contribution in [2.75, 3.05) is 25.1 Å². The predicted molar refractivity (Wildman–Crippen MR) is 116 cm³/mol. The Balaban J connectivity index is 1.43. The summed E-state index contributed by atoms with van der Waals surface area (Å²) in [5, 5.41) is 13.4. The highest BCUT2D eigenvalue weighted by molar-refractivity contribution is 7.91. The van der Waals surface area contributed by atoms with Gasteiger partial charge in [-0.25, -0.2) is 8.42 Å². The molecule has 162 valence electrons. The first kappa shape index (κ1) is 21.8. The molecule has 2 heterocycles. The molecule has 1 unspecified atom stereocenters. The zero-order valence-corrected chi connectivity index (χ0v) is 17.9. The number of carbonyl (C=O) groups excluding carboxylic acids is 1. The van der Waals surface area contributed by atoms with Crippen molar-refractivity contribution >= 4 is 21.7 Å². The van der Waals surface area contributed by atoms with E-state index in [0.717, 1.165) is 11.1 Å². The fourth-order valence-corrected chi connectivity index (χ4v) is 5.03. The van der Waals surface area contributed by atoms with Crippen LogP contribution in [0, 0.1) is 0 Å². The van der Waals surface area contributed by atoms with Crippen LogP contribution in [-0.4, -0.2) is 61.2 Å². The van der Waals surface area contributed by atoms with Gasteiger partial charge in [0.25, 0.3) is 0 Å². The molecule has 1 aromatic heterocycles. The number of rotatable bonds is 8. The van der Waals surface area contributed by atoms with Crippen LogP contribution in [0.4, 0.5) is 0 Å². The normalized spacial score (nSPS) is 18.2. The van der Waals surface area contributed by atoms with Crippen LogP contribution < -0.4 is 16.0 Å². The van der Waals surface area contributed by atoms with Gasteiger partial charge >= 0.3 is 0 Å². The largest absolute Gasteiger partial charge is 0.356 e. The summed E-state index contributed by atoms with van der Waals surface area (Å²) in [5.74, 6) is 0.617. The van der Waals surface area contributed by atoms with Gasteiger partial charge in [-0.05, 0) is 23.6 Å². The van der Waals surface area contributed by atoms with Gasteiger partial charge in [0.1, 0.15) is 0 Å². The lowest BCUT2D eigenvalue weighted by Gasteiger charge is -2.15. The summed E-state index contributed by atoms with van der Waals surface area (Å²) in [6, 6.07) is 9.75. The molecule has 1 aliphatic heterocycles. The highest BCUT2D eigenvalue weighted by Crippen LogP contribution is 2.11. The van der Waals surface area contributed by atoms with Gasteiger partial charge in [-0.2, -0.15) is 5.10 Å². The second kappa shape index (κ2) is 10.2. The van der Waals surface area contributed by atoms with Crippen molar-refractivity contribution in [3.05, 3.63) is 53.9 Å². The molecule has 1 amide bonds. The quantitative estimate of drug-likeness (QED) is 0.408. The van der Waals surface area contributed by atoms with Gasteiger partial charge in [-0.1, -0.05) is 24.3 Å². The van der Waals surface area contributed by atoms with Crippen molar-refractivity contribution in [3.8, 4) is 0 Å². The molecule has 9 nitrogen and oxygen atoms in total. The van der Waals surface area contributed by atoms with Gasteiger partial charge in [0, 0.05) is 45.0 Å². The van der Waals surface area contributed by atoms with E-state index in [2.05, 4.69) is 38.2 Å². The standard InChI is InChI=1S/C20H28N6O3S/c1-21-20(22-10-7-19(27)25-18-8-12-30(28,29)15-18)23-13-16-5-2-3-6-17(16)14-26-11-4-9-24-26/h2-6,9,11,18H,7-8,10,12-15H2,1H3,(H,25,27)(H2,21,22,23). The average molecular weight is 433 g/mol. The zero-order valence-electron chi connectivity index (χ0n) is 17.0. The second-order valence-electron chi connectivity index (χ2n) is 7.24. The monoisotopic (exact) mass is 432 g/mol. The van der Waals surface area contributed by atoms with Crippen molar-refractivity contribution < 1.29 is 13.2 Å². The number of nitrogens with one attached hydrogen (secondary N) is 3. The van der Waals surface area contributed by atoms with Crippen LogP contribution in [0.15, 0.2) is 47.7 Å². The lowest BCUT2D eigenvalue weighted by molar-refractivity contribution is -0.121. The Hall–Kier alpha value is -2.88. The topological polar surface area (TPSA) is 117 Å². The van der Waals surface area contributed by atoms with E-state index >= 15 is 0 Å². The Morgan fingerprint density at radius 2 is 2.03 bits per heavy atom. The molecular formula is C20H28N6O3S. The molecule has 0 aliphatic carbocycles. The fourth-order valence-electron chi connectivity index (χ4n) is 3.36. The first-order valence-electron chi connectivity index (χ1n) is 9.94. The number of aromatic nitrogens is 2. The Morgan fingerprint density at radius 1 is 1.23 bits per heavy atom. The van der Waals surface area contributed by atoms with Gasteiger partial charge in [0.15, 0.2) is 15.8 Å². The molecule has 1 atom stereocenters. The minimum atomic E-state index is -3.00. The minimum absolute atomic E-state index is 0.0351. The highest BCUT2D eigenvalue weighted by Gasteiger charge is 2.28. The smallest absolute Gasteiger partial charge is 0.222 e. The van der Waals surface area contributed by atoms with E-state index in [4.69, 9.17) is 0 Å².